The molecular weight excluding hydrogens is 224 g/mol. The lowest BCUT2D eigenvalue weighted by atomic mass is 10.0. The molecule has 1 aromatic carbocycles. The highest BCUT2D eigenvalue weighted by Gasteiger charge is 2.19. The number of nitriles is 1. The molecule has 1 aliphatic heterocycles. The molecule has 1 heterocycles. The maximum Gasteiger partial charge on any atom is 0.146 e. The van der Waals surface area contributed by atoms with E-state index in [1.54, 1.807) is 0 Å². The minimum atomic E-state index is -0.808. The van der Waals surface area contributed by atoms with Gasteiger partial charge in [0.25, 0.3) is 0 Å². The fraction of sp³-hybridized carbons (Fsp3) is 0.417. The molecule has 0 saturated carbocycles. The summed E-state index contributed by atoms with van der Waals surface area (Å²) in [4.78, 5) is 1.89. The molecule has 1 saturated heterocycles. The van der Waals surface area contributed by atoms with E-state index in [0.717, 1.165) is 12.8 Å². The molecule has 1 fully saturated rings. The maximum atomic E-state index is 13.4. The number of piperidine rings is 1. The van der Waals surface area contributed by atoms with Gasteiger partial charge in [0.2, 0.25) is 0 Å². The van der Waals surface area contributed by atoms with E-state index in [4.69, 9.17) is 11.0 Å². The molecule has 0 atom stereocenters. The highest BCUT2D eigenvalue weighted by molar-refractivity contribution is 5.51. The molecule has 0 spiro atoms. The Balaban J connectivity index is 2.26. The van der Waals surface area contributed by atoms with Crippen LogP contribution in [0, 0.1) is 23.0 Å². The van der Waals surface area contributed by atoms with Crippen LogP contribution in [0.15, 0.2) is 12.1 Å². The molecule has 0 aliphatic carbocycles. The van der Waals surface area contributed by atoms with Crippen molar-refractivity contribution in [1.82, 2.24) is 0 Å². The van der Waals surface area contributed by atoms with E-state index in [1.165, 1.54) is 18.2 Å². The normalized spacial score (nSPS) is 16.9. The number of anilines is 1. The number of rotatable bonds is 1. The molecule has 0 amide bonds. The Bertz CT molecular complexity index is 436. The quantitative estimate of drug-likeness (QED) is 0.809. The predicted octanol–water partition coefficient (Wildman–Crippen LogP) is 1.76. The van der Waals surface area contributed by atoms with Crippen LogP contribution in [0.25, 0.3) is 0 Å². The van der Waals surface area contributed by atoms with Gasteiger partial charge in [-0.2, -0.15) is 5.26 Å². The molecule has 2 N–H and O–H groups in total. The van der Waals surface area contributed by atoms with Crippen molar-refractivity contribution in [2.24, 2.45) is 5.73 Å². The molecule has 90 valence electrons. The molecule has 2 rings (SSSR count). The standard InChI is InChI=1S/C12H13F2N3/c13-11-5-9(6-12(14)10(11)7-15)17-3-1-8(16)2-4-17/h5-6,8H,1-4,16H2. The topological polar surface area (TPSA) is 53.0 Å². The molecule has 1 aliphatic rings. The largest absolute Gasteiger partial charge is 0.371 e. The Kier molecular flexibility index (Phi) is 3.25. The summed E-state index contributed by atoms with van der Waals surface area (Å²) >= 11 is 0. The van der Waals surface area contributed by atoms with Crippen LogP contribution in [-0.2, 0) is 0 Å². The van der Waals surface area contributed by atoms with Crippen molar-refractivity contribution in [3.63, 3.8) is 0 Å². The van der Waals surface area contributed by atoms with Gasteiger partial charge in [-0.15, -0.1) is 0 Å². The van der Waals surface area contributed by atoms with Crippen molar-refractivity contribution < 1.29 is 8.78 Å². The van der Waals surface area contributed by atoms with Gasteiger partial charge in [-0.25, -0.2) is 8.78 Å². The summed E-state index contributed by atoms with van der Waals surface area (Å²) in [6, 6.07) is 4.09. The number of benzene rings is 1. The van der Waals surface area contributed by atoms with Crippen LogP contribution in [0.2, 0.25) is 0 Å². The fourth-order valence-electron chi connectivity index (χ4n) is 2.01. The highest BCUT2D eigenvalue weighted by atomic mass is 19.1. The Morgan fingerprint density at radius 3 is 2.24 bits per heavy atom. The molecule has 0 aromatic heterocycles. The van der Waals surface area contributed by atoms with Crippen molar-refractivity contribution in [3.05, 3.63) is 29.3 Å². The summed E-state index contributed by atoms with van der Waals surface area (Å²) in [5.41, 5.74) is 5.71. The zero-order valence-corrected chi connectivity index (χ0v) is 9.29. The summed E-state index contributed by atoms with van der Waals surface area (Å²) in [6.45, 7) is 1.37. The third-order valence-corrected chi connectivity index (χ3v) is 3.04. The number of nitrogens with two attached hydrogens (primary N) is 1. The van der Waals surface area contributed by atoms with Crippen LogP contribution < -0.4 is 10.6 Å². The average Bonchev–Trinajstić information content (AvgIpc) is 2.29. The molecule has 0 bridgehead atoms. The van der Waals surface area contributed by atoms with E-state index < -0.39 is 17.2 Å². The number of hydrogen-bond acceptors (Lipinski definition) is 3. The molecule has 1 aromatic rings. The highest BCUT2D eigenvalue weighted by Crippen LogP contribution is 2.24. The Hall–Kier alpha value is -1.67. The molecule has 0 radical (unpaired) electrons. The lowest BCUT2D eigenvalue weighted by Crippen LogP contribution is -2.39. The Morgan fingerprint density at radius 1 is 1.24 bits per heavy atom. The van der Waals surface area contributed by atoms with Gasteiger partial charge in [-0.1, -0.05) is 0 Å². The van der Waals surface area contributed by atoms with Crippen molar-refractivity contribution in [2.45, 2.75) is 18.9 Å². The van der Waals surface area contributed by atoms with Gasteiger partial charge in [-0.05, 0) is 25.0 Å². The second-order valence-electron chi connectivity index (χ2n) is 4.22. The van der Waals surface area contributed by atoms with Gasteiger partial charge in [0.15, 0.2) is 0 Å². The summed E-state index contributed by atoms with van der Waals surface area (Å²) in [6.07, 6.45) is 1.62. The summed E-state index contributed by atoms with van der Waals surface area (Å²) < 4.78 is 26.9. The Labute approximate surface area is 98.4 Å². The number of hydrogen-bond donors (Lipinski definition) is 1. The van der Waals surface area contributed by atoms with E-state index in [0.29, 0.717) is 18.8 Å². The van der Waals surface area contributed by atoms with E-state index in [2.05, 4.69) is 0 Å². The van der Waals surface area contributed by atoms with E-state index in [9.17, 15) is 8.78 Å². The first-order valence-electron chi connectivity index (χ1n) is 5.51. The van der Waals surface area contributed by atoms with Crippen molar-refractivity contribution in [2.75, 3.05) is 18.0 Å². The predicted molar refractivity (Wildman–Crippen MR) is 60.5 cm³/mol. The third-order valence-electron chi connectivity index (χ3n) is 3.04. The average molecular weight is 237 g/mol. The van der Waals surface area contributed by atoms with Crippen molar-refractivity contribution in [3.8, 4) is 6.07 Å². The van der Waals surface area contributed by atoms with Gasteiger partial charge in [0.05, 0.1) is 0 Å². The van der Waals surface area contributed by atoms with Gasteiger partial charge in [0.1, 0.15) is 23.3 Å². The zero-order valence-electron chi connectivity index (χ0n) is 9.29. The maximum absolute atomic E-state index is 13.4. The number of nitrogens with zero attached hydrogens (tertiary/aromatic N) is 2. The van der Waals surface area contributed by atoms with Crippen LogP contribution in [0.5, 0.6) is 0 Å². The Morgan fingerprint density at radius 2 is 1.76 bits per heavy atom. The molecule has 3 nitrogen and oxygen atoms in total. The molecule has 5 heteroatoms. The lowest BCUT2D eigenvalue weighted by molar-refractivity contribution is 0.498. The SMILES string of the molecule is N#Cc1c(F)cc(N2CCC(N)CC2)cc1F. The van der Waals surface area contributed by atoms with E-state index >= 15 is 0 Å². The molecule has 0 unspecified atom stereocenters. The monoisotopic (exact) mass is 237 g/mol. The summed E-state index contributed by atoms with van der Waals surface area (Å²) in [7, 11) is 0. The van der Waals surface area contributed by atoms with Gasteiger partial charge < -0.3 is 10.6 Å². The lowest BCUT2D eigenvalue weighted by Gasteiger charge is -2.32. The minimum Gasteiger partial charge on any atom is -0.371 e. The van der Waals surface area contributed by atoms with E-state index in [-0.39, 0.29) is 6.04 Å². The first kappa shape index (κ1) is 11.8. The van der Waals surface area contributed by atoms with Crippen LogP contribution in [0.1, 0.15) is 18.4 Å². The van der Waals surface area contributed by atoms with Crippen LogP contribution in [-0.4, -0.2) is 19.1 Å². The van der Waals surface area contributed by atoms with Crippen LogP contribution in [0.3, 0.4) is 0 Å². The minimum absolute atomic E-state index is 0.166. The van der Waals surface area contributed by atoms with Crippen molar-refractivity contribution >= 4 is 5.69 Å². The van der Waals surface area contributed by atoms with Gasteiger partial charge >= 0.3 is 0 Å². The third kappa shape index (κ3) is 2.37. The van der Waals surface area contributed by atoms with Crippen molar-refractivity contribution in [1.29, 1.82) is 5.26 Å². The van der Waals surface area contributed by atoms with Crippen LogP contribution >= 0.6 is 0 Å². The fourth-order valence-corrected chi connectivity index (χ4v) is 2.01. The second-order valence-corrected chi connectivity index (χ2v) is 4.22. The zero-order chi connectivity index (χ0) is 12.4. The smallest absolute Gasteiger partial charge is 0.146 e. The first-order chi connectivity index (χ1) is 8.11. The summed E-state index contributed by atoms with van der Waals surface area (Å²) in [5.74, 6) is -1.62. The number of halogens is 2. The first-order valence-corrected chi connectivity index (χ1v) is 5.51. The molecular formula is C12H13F2N3. The second kappa shape index (κ2) is 4.68. The van der Waals surface area contributed by atoms with Gasteiger partial charge in [-0.3, -0.25) is 0 Å². The van der Waals surface area contributed by atoms with E-state index in [1.807, 2.05) is 4.90 Å². The molecule has 17 heavy (non-hydrogen) atoms. The van der Waals surface area contributed by atoms with Crippen LogP contribution in [0.4, 0.5) is 14.5 Å². The van der Waals surface area contributed by atoms with Gasteiger partial charge in [0, 0.05) is 24.8 Å². The summed E-state index contributed by atoms with van der Waals surface area (Å²) in [5, 5.41) is 8.58.